The van der Waals surface area contributed by atoms with Crippen LogP contribution in [0, 0.1) is 11.8 Å². The molecule has 19 heavy (non-hydrogen) atoms. The van der Waals surface area contributed by atoms with E-state index in [0.29, 0.717) is 18.4 Å². The number of rotatable bonds is 0. The third-order valence-corrected chi connectivity index (χ3v) is 4.23. The molecule has 0 bridgehead atoms. The summed E-state index contributed by atoms with van der Waals surface area (Å²) in [6, 6.07) is 0. The average molecular weight is 266 g/mol. The second-order valence-corrected chi connectivity index (χ2v) is 5.76. The molecule has 1 heterocycles. The Morgan fingerprint density at radius 2 is 2.11 bits per heavy atom. The summed E-state index contributed by atoms with van der Waals surface area (Å²) < 4.78 is 5.34. The van der Waals surface area contributed by atoms with Gasteiger partial charge in [-0.25, -0.2) is 0 Å². The number of carbonyl (C=O) groups is 1. The van der Waals surface area contributed by atoms with E-state index in [1.165, 1.54) is 0 Å². The van der Waals surface area contributed by atoms with Gasteiger partial charge in [0.1, 0.15) is 6.10 Å². The summed E-state index contributed by atoms with van der Waals surface area (Å²) in [5.41, 5.74) is 1.70. The minimum Gasteiger partial charge on any atom is -0.457 e. The second-order valence-electron chi connectivity index (χ2n) is 5.76. The SMILES string of the molecule is C=C1C[C@H](O)[C@H]2[C@H](C)C(=O)O[C@@H]2/C=C(\C)CC[C@H]1O. The van der Waals surface area contributed by atoms with Gasteiger partial charge in [0, 0.05) is 5.92 Å². The van der Waals surface area contributed by atoms with Crippen molar-refractivity contribution >= 4 is 5.97 Å². The fraction of sp³-hybridized carbons (Fsp3) is 0.667. The first-order valence-electron chi connectivity index (χ1n) is 6.81. The Kier molecular flexibility index (Phi) is 4.11. The smallest absolute Gasteiger partial charge is 0.309 e. The van der Waals surface area contributed by atoms with Crippen molar-refractivity contribution < 1.29 is 19.7 Å². The third kappa shape index (κ3) is 2.90. The lowest BCUT2D eigenvalue weighted by Gasteiger charge is -2.27. The minimum absolute atomic E-state index is 0.260. The van der Waals surface area contributed by atoms with E-state index < -0.39 is 12.2 Å². The number of ether oxygens (including phenoxy) is 1. The highest BCUT2D eigenvalue weighted by atomic mass is 16.6. The Labute approximate surface area is 113 Å². The molecule has 0 amide bonds. The highest BCUT2D eigenvalue weighted by Gasteiger charge is 2.45. The molecule has 4 heteroatoms. The zero-order valence-corrected chi connectivity index (χ0v) is 11.5. The van der Waals surface area contributed by atoms with E-state index in [0.717, 1.165) is 12.0 Å². The first kappa shape index (κ1) is 14.3. The van der Waals surface area contributed by atoms with Gasteiger partial charge < -0.3 is 14.9 Å². The fourth-order valence-corrected chi connectivity index (χ4v) is 2.93. The number of fused-ring (bicyclic) bond motifs is 1. The molecule has 0 spiro atoms. The van der Waals surface area contributed by atoms with Gasteiger partial charge in [-0.05, 0) is 37.8 Å². The standard InChI is InChI=1S/C15H22O4/c1-8-4-5-11(16)9(2)7-12(17)14-10(3)15(18)19-13(14)6-8/h6,10-14,16-17H,2,4-5,7H2,1,3H3/b8-6+/t10-,11+,12-,13+,14+/m0/s1. The van der Waals surface area contributed by atoms with E-state index in [2.05, 4.69) is 6.58 Å². The van der Waals surface area contributed by atoms with Crippen LogP contribution in [0.1, 0.15) is 33.1 Å². The van der Waals surface area contributed by atoms with Crippen LogP contribution < -0.4 is 0 Å². The maximum atomic E-state index is 11.7. The molecular weight excluding hydrogens is 244 g/mol. The van der Waals surface area contributed by atoms with E-state index in [1.54, 1.807) is 6.92 Å². The Bertz CT molecular complexity index is 412. The highest BCUT2D eigenvalue weighted by molar-refractivity contribution is 5.75. The fourth-order valence-electron chi connectivity index (χ4n) is 2.93. The number of allylic oxidation sites excluding steroid dienone is 1. The van der Waals surface area contributed by atoms with Crippen molar-refractivity contribution in [2.75, 3.05) is 0 Å². The molecule has 0 saturated carbocycles. The molecule has 1 saturated heterocycles. The molecule has 2 rings (SSSR count). The van der Waals surface area contributed by atoms with Gasteiger partial charge in [0.2, 0.25) is 0 Å². The van der Waals surface area contributed by atoms with Crippen molar-refractivity contribution in [3.05, 3.63) is 23.8 Å². The van der Waals surface area contributed by atoms with Gasteiger partial charge in [0.15, 0.2) is 0 Å². The molecule has 0 aromatic carbocycles. The van der Waals surface area contributed by atoms with E-state index in [-0.39, 0.29) is 23.9 Å². The predicted molar refractivity (Wildman–Crippen MR) is 71.3 cm³/mol. The summed E-state index contributed by atoms with van der Waals surface area (Å²) in [5.74, 6) is -0.846. The van der Waals surface area contributed by atoms with Crippen LogP contribution in [0.2, 0.25) is 0 Å². The van der Waals surface area contributed by atoms with Crippen LogP contribution in [0.3, 0.4) is 0 Å². The van der Waals surface area contributed by atoms with E-state index >= 15 is 0 Å². The van der Waals surface area contributed by atoms with Crippen LogP contribution in [0.5, 0.6) is 0 Å². The molecule has 0 aromatic heterocycles. The second kappa shape index (κ2) is 5.47. The lowest BCUT2D eigenvalue weighted by molar-refractivity contribution is -0.142. The molecule has 1 aliphatic heterocycles. The molecule has 4 nitrogen and oxygen atoms in total. The minimum atomic E-state index is -0.712. The van der Waals surface area contributed by atoms with Gasteiger partial charge in [0.25, 0.3) is 0 Å². The van der Waals surface area contributed by atoms with Crippen LogP contribution in [0.25, 0.3) is 0 Å². The molecule has 0 unspecified atom stereocenters. The maximum absolute atomic E-state index is 11.7. The van der Waals surface area contributed by atoms with Crippen LogP contribution in [-0.2, 0) is 9.53 Å². The van der Waals surface area contributed by atoms with Crippen LogP contribution in [-0.4, -0.2) is 34.5 Å². The number of carbonyl (C=O) groups excluding carboxylic acids is 1. The topological polar surface area (TPSA) is 66.8 Å². The average Bonchev–Trinajstić information content (AvgIpc) is 2.60. The van der Waals surface area contributed by atoms with Crippen molar-refractivity contribution in [1.82, 2.24) is 0 Å². The lowest BCUT2D eigenvalue weighted by atomic mass is 9.81. The Hall–Kier alpha value is -1.13. The molecule has 106 valence electrons. The van der Waals surface area contributed by atoms with Crippen molar-refractivity contribution in [2.45, 2.75) is 51.4 Å². The highest BCUT2D eigenvalue weighted by Crippen LogP contribution is 2.36. The van der Waals surface area contributed by atoms with Crippen molar-refractivity contribution in [1.29, 1.82) is 0 Å². The Morgan fingerprint density at radius 3 is 2.79 bits per heavy atom. The van der Waals surface area contributed by atoms with Crippen LogP contribution >= 0.6 is 0 Å². The van der Waals surface area contributed by atoms with Gasteiger partial charge in [0.05, 0.1) is 18.1 Å². The summed E-state index contributed by atoms with van der Waals surface area (Å²) in [5, 5.41) is 20.3. The summed E-state index contributed by atoms with van der Waals surface area (Å²) >= 11 is 0. The predicted octanol–water partition coefficient (Wildman–Crippen LogP) is 1.57. The number of hydrogen-bond donors (Lipinski definition) is 2. The molecule has 0 aromatic rings. The van der Waals surface area contributed by atoms with Crippen molar-refractivity contribution in [3.8, 4) is 0 Å². The largest absolute Gasteiger partial charge is 0.457 e. The maximum Gasteiger partial charge on any atom is 0.309 e. The van der Waals surface area contributed by atoms with Gasteiger partial charge in [-0.2, -0.15) is 0 Å². The zero-order valence-electron chi connectivity index (χ0n) is 11.5. The van der Waals surface area contributed by atoms with Crippen molar-refractivity contribution in [3.63, 3.8) is 0 Å². The van der Waals surface area contributed by atoms with Crippen LogP contribution in [0.4, 0.5) is 0 Å². The summed E-state index contributed by atoms with van der Waals surface area (Å²) in [6.45, 7) is 7.59. The summed E-state index contributed by atoms with van der Waals surface area (Å²) in [6.07, 6.45) is 1.89. The monoisotopic (exact) mass is 266 g/mol. The van der Waals surface area contributed by atoms with E-state index in [4.69, 9.17) is 4.74 Å². The summed E-state index contributed by atoms with van der Waals surface area (Å²) in [4.78, 5) is 11.7. The quantitative estimate of drug-likeness (QED) is 0.516. The molecule has 0 radical (unpaired) electrons. The lowest BCUT2D eigenvalue weighted by Crippen LogP contribution is -2.33. The Balaban J connectivity index is 2.30. The van der Waals surface area contributed by atoms with Crippen LogP contribution in [0.15, 0.2) is 23.8 Å². The number of aliphatic hydroxyl groups excluding tert-OH is 2. The molecule has 1 fully saturated rings. The third-order valence-electron chi connectivity index (χ3n) is 4.23. The first-order valence-corrected chi connectivity index (χ1v) is 6.81. The van der Waals surface area contributed by atoms with Gasteiger partial charge in [-0.1, -0.05) is 19.1 Å². The van der Waals surface area contributed by atoms with Gasteiger partial charge >= 0.3 is 5.97 Å². The molecule has 5 atom stereocenters. The van der Waals surface area contributed by atoms with Gasteiger partial charge in [-0.3, -0.25) is 4.79 Å². The Morgan fingerprint density at radius 1 is 1.42 bits per heavy atom. The molecular formula is C15H22O4. The molecule has 1 aliphatic carbocycles. The first-order chi connectivity index (χ1) is 8.90. The molecule has 2 aliphatic rings. The van der Waals surface area contributed by atoms with Gasteiger partial charge in [-0.15, -0.1) is 0 Å². The normalized spacial score (nSPS) is 43.2. The molecule has 2 N–H and O–H groups in total. The number of aliphatic hydroxyl groups is 2. The van der Waals surface area contributed by atoms with E-state index in [9.17, 15) is 15.0 Å². The summed E-state index contributed by atoms with van der Waals surface area (Å²) in [7, 11) is 0. The number of hydrogen-bond acceptors (Lipinski definition) is 4. The zero-order chi connectivity index (χ0) is 14.2. The van der Waals surface area contributed by atoms with E-state index in [1.807, 2.05) is 13.0 Å². The van der Waals surface area contributed by atoms with Crippen molar-refractivity contribution in [2.24, 2.45) is 11.8 Å². The number of esters is 1.